The summed E-state index contributed by atoms with van der Waals surface area (Å²) in [5, 5.41) is 3.06. The molecule has 0 amide bonds. The number of furan rings is 1. The molecule has 90 valence electrons. The summed E-state index contributed by atoms with van der Waals surface area (Å²) in [6.45, 7) is 0. The summed E-state index contributed by atoms with van der Waals surface area (Å²) in [7, 11) is 0. The normalized spacial score (nSPS) is 18.7. The molecule has 1 fully saturated rings. The van der Waals surface area contributed by atoms with Crippen LogP contribution in [0.25, 0.3) is 11.5 Å². The van der Waals surface area contributed by atoms with Crippen molar-refractivity contribution in [2.24, 2.45) is 5.73 Å². The molecule has 0 saturated heterocycles. The summed E-state index contributed by atoms with van der Waals surface area (Å²) in [4.78, 5) is 4.63. The van der Waals surface area contributed by atoms with Gasteiger partial charge in [-0.3, -0.25) is 0 Å². The van der Waals surface area contributed by atoms with E-state index in [9.17, 15) is 0 Å². The third kappa shape index (κ3) is 2.07. The predicted molar refractivity (Wildman–Crippen MR) is 71.8 cm³/mol. The second kappa shape index (κ2) is 4.23. The van der Waals surface area contributed by atoms with Crippen molar-refractivity contribution in [3.05, 3.63) is 27.2 Å². The smallest absolute Gasteiger partial charge is 0.169 e. The zero-order chi connectivity index (χ0) is 11.9. The van der Waals surface area contributed by atoms with Crippen LogP contribution in [-0.2, 0) is 5.54 Å². The van der Waals surface area contributed by atoms with E-state index in [1.54, 1.807) is 11.3 Å². The van der Waals surface area contributed by atoms with Crippen LogP contribution >= 0.6 is 27.3 Å². The van der Waals surface area contributed by atoms with Crippen LogP contribution in [0.3, 0.4) is 0 Å². The Bertz CT molecular complexity index is 528. The summed E-state index contributed by atoms with van der Waals surface area (Å²) in [6.07, 6.45) is 4.50. The minimum Gasteiger partial charge on any atom is -0.448 e. The van der Waals surface area contributed by atoms with Gasteiger partial charge in [-0.2, -0.15) is 0 Å². The van der Waals surface area contributed by atoms with Gasteiger partial charge in [0.05, 0.1) is 5.54 Å². The van der Waals surface area contributed by atoms with E-state index in [0.29, 0.717) is 0 Å². The van der Waals surface area contributed by atoms with Crippen molar-refractivity contribution in [3.8, 4) is 11.5 Å². The maximum absolute atomic E-state index is 6.39. The Balaban J connectivity index is 1.92. The van der Waals surface area contributed by atoms with E-state index < -0.39 is 0 Å². The molecule has 1 aliphatic carbocycles. The Morgan fingerprint density at radius 3 is 2.76 bits per heavy atom. The van der Waals surface area contributed by atoms with Gasteiger partial charge in [0.2, 0.25) is 0 Å². The second-order valence-corrected chi connectivity index (χ2v) is 6.14. The molecule has 2 aromatic heterocycles. The number of thiazole rings is 1. The Hall–Kier alpha value is -0.650. The van der Waals surface area contributed by atoms with Crippen molar-refractivity contribution < 1.29 is 4.42 Å². The van der Waals surface area contributed by atoms with Gasteiger partial charge in [0, 0.05) is 5.38 Å². The molecule has 5 heteroatoms. The predicted octanol–water partition coefficient (Wildman–Crippen LogP) is 3.89. The molecule has 1 saturated carbocycles. The van der Waals surface area contributed by atoms with Crippen molar-refractivity contribution in [2.45, 2.75) is 31.2 Å². The lowest BCUT2D eigenvalue weighted by Gasteiger charge is -2.19. The average molecular weight is 313 g/mol. The summed E-state index contributed by atoms with van der Waals surface area (Å²) in [6, 6.07) is 3.79. The minimum absolute atomic E-state index is 0.202. The zero-order valence-corrected chi connectivity index (χ0v) is 11.7. The van der Waals surface area contributed by atoms with Gasteiger partial charge in [-0.1, -0.05) is 12.8 Å². The van der Waals surface area contributed by atoms with E-state index in [-0.39, 0.29) is 5.54 Å². The van der Waals surface area contributed by atoms with Crippen molar-refractivity contribution in [1.82, 2.24) is 4.98 Å². The van der Waals surface area contributed by atoms with Gasteiger partial charge < -0.3 is 10.2 Å². The topological polar surface area (TPSA) is 52.0 Å². The Morgan fingerprint density at radius 2 is 2.12 bits per heavy atom. The summed E-state index contributed by atoms with van der Waals surface area (Å²) in [5.74, 6) is 0.793. The van der Waals surface area contributed by atoms with Gasteiger partial charge in [-0.05, 0) is 40.9 Å². The fourth-order valence-electron chi connectivity index (χ4n) is 2.29. The van der Waals surface area contributed by atoms with Gasteiger partial charge in [0.15, 0.2) is 10.4 Å². The van der Waals surface area contributed by atoms with E-state index in [2.05, 4.69) is 20.9 Å². The number of hydrogen-bond acceptors (Lipinski definition) is 4. The van der Waals surface area contributed by atoms with Crippen molar-refractivity contribution in [2.75, 3.05) is 0 Å². The molecule has 2 N–H and O–H groups in total. The highest BCUT2D eigenvalue weighted by atomic mass is 79.9. The highest BCUT2D eigenvalue weighted by Crippen LogP contribution is 2.39. The molecule has 0 unspecified atom stereocenters. The Labute approximate surface area is 112 Å². The first-order chi connectivity index (χ1) is 8.17. The van der Waals surface area contributed by atoms with Crippen molar-refractivity contribution >= 4 is 27.3 Å². The number of rotatable bonds is 2. The van der Waals surface area contributed by atoms with E-state index in [0.717, 1.165) is 34.0 Å². The summed E-state index contributed by atoms with van der Waals surface area (Å²) >= 11 is 4.94. The summed E-state index contributed by atoms with van der Waals surface area (Å²) < 4.78 is 6.23. The summed E-state index contributed by atoms with van der Waals surface area (Å²) in [5.41, 5.74) is 7.07. The van der Waals surface area contributed by atoms with Gasteiger partial charge in [0.25, 0.3) is 0 Å². The SMILES string of the molecule is NC1(c2nc(-c3ccc(Br)o3)cs2)CCCC1. The second-order valence-electron chi connectivity index (χ2n) is 4.50. The number of nitrogens with zero attached hydrogens (tertiary/aromatic N) is 1. The number of halogens is 1. The fourth-order valence-corrected chi connectivity index (χ4v) is 3.58. The van der Waals surface area contributed by atoms with Gasteiger partial charge in [0.1, 0.15) is 10.7 Å². The van der Waals surface area contributed by atoms with Crippen LogP contribution in [0.2, 0.25) is 0 Å². The first-order valence-electron chi connectivity index (χ1n) is 5.68. The van der Waals surface area contributed by atoms with Gasteiger partial charge in [-0.15, -0.1) is 11.3 Å². The van der Waals surface area contributed by atoms with Crippen LogP contribution in [-0.4, -0.2) is 4.98 Å². The minimum atomic E-state index is -0.202. The lowest BCUT2D eigenvalue weighted by Crippen LogP contribution is -2.32. The molecule has 0 aliphatic heterocycles. The molecule has 0 spiro atoms. The van der Waals surface area contributed by atoms with Crippen LogP contribution in [0.5, 0.6) is 0 Å². The first kappa shape index (κ1) is 11.4. The van der Waals surface area contributed by atoms with Gasteiger partial charge in [-0.25, -0.2) is 4.98 Å². The van der Waals surface area contributed by atoms with Crippen molar-refractivity contribution in [3.63, 3.8) is 0 Å². The molecule has 0 aromatic carbocycles. The molecular weight excluding hydrogens is 300 g/mol. The van der Waals surface area contributed by atoms with Crippen LogP contribution in [0, 0.1) is 0 Å². The van der Waals surface area contributed by atoms with Crippen LogP contribution in [0.15, 0.2) is 26.6 Å². The quantitative estimate of drug-likeness (QED) is 0.915. The largest absolute Gasteiger partial charge is 0.448 e. The molecule has 0 bridgehead atoms. The third-order valence-electron chi connectivity index (χ3n) is 3.25. The monoisotopic (exact) mass is 312 g/mol. The molecule has 1 aliphatic rings. The molecule has 2 aromatic rings. The van der Waals surface area contributed by atoms with E-state index in [1.165, 1.54) is 12.8 Å². The molecule has 3 nitrogen and oxygen atoms in total. The van der Waals surface area contributed by atoms with E-state index >= 15 is 0 Å². The zero-order valence-electron chi connectivity index (χ0n) is 9.28. The first-order valence-corrected chi connectivity index (χ1v) is 7.35. The molecular formula is C12H13BrN2OS. The fraction of sp³-hybridized carbons (Fsp3) is 0.417. The number of nitrogens with two attached hydrogens (primary N) is 1. The Morgan fingerprint density at radius 1 is 1.35 bits per heavy atom. The van der Waals surface area contributed by atoms with Crippen LogP contribution in [0.4, 0.5) is 0 Å². The van der Waals surface area contributed by atoms with Crippen LogP contribution in [0.1, 0.15) is 30.7 Å². The molecule has 3 rings (SSSR count). The highest BCUT2D eigenvalue weighted by Gasteiger charge is 2.34. The maximum Gasteiger partial charge on any atom is 0.169 e. The van der Waals surface area contributed by atoms with Crippen molar-refractivity contribution in [1.29, 1.82) is 0 Å². The highest BCUT2D eigenvalue weighted by molar-refractivity contribution is 9.10. The molecule has 0 radical (unpaired) electrons. The standard InChI is InChI=1S/C12H13BrN2OS/c13-10-4-3-9(16-10)8-7-17-11(15-8)12(14)5-1-2-6-12/h3-4,7H,1-2,5-6,14H2. The van der Waals surface area contributed by atoms with Crippen LogP contribution < -0.4 is 5.73 Å². The van der Waals surface area contributed by atoms with E-state index in [1.807, 2.05) is 17.5 Å². The number of aromatic nitrogens is 1. The average Bonchev–Trinajstić information content (AvgIpc) is 2.96. The van der Waals surface area contributed by atoms with E-state index in [4.69, 9.17) is 10.2 Å². The lowest BCUT2D eigenvalue weighted by molar-refractivity contribution is 0.459. The third-order valence-corrected chi connectivity index (χ3v) is 4.74. The molecule has 2 heterocycles. The lowest BCUT2D eigenvalue weighted by atomic mass is 10.0. The molecule has 17 heavy (non-hydrogen) atoms. The maximum atomic E-state index is 6.39. The number of hydrogen-bond donors (Lipinski definition) is 1. The Kier molecular flexibility index (Phi) is 2.84. The van der Waals surface area contributed by atoms with Gasteiger partial charge >= 0.3 is 0 Å². The molecule has 0 atom stereocenters.